The molecule has 0 aromatic heterocycles. The Balaban J connectivity index is 3.56. The topological polar surface area (TPSA) is 77.2 Å². The lowest BCUT2D eigenvalue weighted by Crippen LogP contribution is -2.14. The van der Waals surface area contributed by atoms with Crippen LogP contribution in [-0.2, 0) is 10.0 Å². The van der Waals surface area contributed by atoms with E-state index in [1.165, 1.54) is 18.2 Å². The first-order valence-corrected chi connectivity index (χ1v) is 5.15. The lowest BCUT2D eigenvalue weighted by molar-refractivity contribution is 0.112. The van der Waals surface area contributed by atoms with Gasteiger partial charge in [0.2, 0.25) is 10.0 Å². The Morgan fingerprint density at radius 3 is 2.38 bits per heavy atom. The Morgan fingerprint density at radius 1 is 1.38 bits per heavy atom. The first kappa shape index (κ1) is 10.2. The van der Waals surface area contributed by atoms with Crippen LogP contribution in [0.2, 0.25) is 5.02 Å². The van der Waals surface area contributed by atoms with E-state index < -0.39 is 10.0 Å². The van der Waals surface area contributed by atoms with Crippen LogP contribution in [0, 0.1) is 0 Å². The van der Waals surface area contributed by atoms with Crippen molar-refractivity contribution in [2.75, 3.05) is 0 Å². The normalized spacial score (nSPS) is 11.2. The number of nitrogens with two attached hydrogens (primary N) is 1. The SMILES string of the molecule is NS(=O)(=O)c1cccc(Cl)c1C=O. The summed E-state index contributed by atoms with van der Waals surface area (Å²) >= 11 is 5.58. The number of halogens is 1. The second-order valence-corrected chi connectivity index (χ2v) is 4.25. The number of sulfonamides is 1. The van der Waals surface area contributed by atoms with Crippen molar-refractivity contribution in [3.05, 3.63) is 28.8 Å². The first-order valence-electron chi connectivity index (χ1n) is 3.23. The molecule has 0 amide bonds. The fourth-order valence-corrected chi connectivity index (χ4v) is 1.89. The van der Waals surface area contributed by atoms with Crippen LogP contribution in [-0.4, -0.2) is 14.7 Å². The molecule has 0 aliphatic rings. The van der Waals surface area contributed by atoms with Crippen molar-refractivity contribution >= 4 is 27.9 Å². The Bertz CT molecular complexity index is 441. The van der Waals surface area contributed by atoms with Gasteiger partial charge in [-0.15, -0.1) is 0 Å². The Labute approximate surface area is 80.4 Å². The highest BCUT2D eigenvalue weighted by Crippen LogP contribution is 2.20. The molecule has 1 aromatic rings. The fourth-order valence-electron chi connectivity index (χ4n) is 0.880. The highest BCUT2D eigenvalue weighted by molar-refractivity contribution is 7.89. The quantitative estimate of drug-likeness (QED) is 0.748. The summed E-state index contributed by atoms with van der Waals surface area (Å²) in [7, 11) is -3.88. The van der Waals surface area contributed by atoms with Gasteiger partial charge in [0.05, 0.1) is 15.5 Å². The minimum atomic E-state index is -3.88. The molecule has 0 aliphatic carbocycles. The van der Waals surface area contributed by atoms with E-state index in [0.29, 0.717) is 6.29 Å². The molecule has 4 nitrogen and oxygen atoms in total. The molecule has 0 unspecified atom stereocenters. The number of rotatable bonds is 2. The van der Waals surface area contributed by atoms with Crippen LogP contribution < -0.4 is 5.14 Å². The third-order valence-electron chi connectivity index (χ3n) is 1.44. The largest absolute Gasteiger partial charge is 0.298 e. The van der Waals surface area contributed by atoms with E-state index in [2.05, 4.69) is 0 Å². The Kier molecular flexibility index (Phi) is 2.70. The molecule has 0 heterocycles. The van der Waals surface area contributed by atoms with Gasteiger partial charge in [-0.1, -0.05) is 17.7 Å². The molecule has 0 spiro atoms. The van der Waals surface area contributed by atoms with Crippen LogP contribution in [0.4, 0.5) is 0 Å². The predicted octanol–water partition coefficient (Wildman–Crippen LogP) is 0.800. The van der Waals surface area contributed by atoms with Crippen LogP contribution in [0.3, 0.4) is 0 Å². The zero-order valence-corrected chi connectivity index (χ0v) is 7.97. The maximum atomic E-state index is 10.9. The van der Waals surface area contributed by atoms with E-state index in [1.807, 2.05) is 0 Å². The molecule has 6 heteroatoms. The van der Waals surface area contributed by atoms with E-state index in [1.54, 1.807) is 0 Å². The molecule has 70 valence electrons. The van der Waals surface area contributed by atoms with E-state index in [-0.39, 0.29) is 15.5 Å². The maximum Gasteiger partial charge on any atom is 0.238 e. The molecular formula is C7H6ClNO3S. The Hall–Kier alpha value is -0.910. The molecule has 0 radical (unpaired) electrons. The summed E-state index contributed by atoms with van der Waals surface area (Å²) in [6.45, 7) is 0. The minimum Gasteiger partial charge on any atom is -0.298 e. The third kappa shape index (κ3) is 2.06. The monoisotopic (exact) mass is 219 g/mol. The van der Waals surface area contributed by atoms with Crippen LogP contribution in [0.5, 0.6) is 0 Å². The number of carbonyl (C=O) groups is 1. The molecular weight excluding hydrogens is 214 g/mol. The van der Waals surface area contributed by atoms with Crippen LogP contribution >= 0.6 is 11.6 Å². The lowest BCUT2D eigenvalue weighted by Gasteiger charge is -2.02. The van der Waals surface area contributed by atoms with Crippen molar-refractivity contribution in [2.45, 2.75) is 4.90 Å². The molecule has 0 saturated heterocycles. The van der Waals surface area contributed by atoms with Crippen molar-refractivity contribution in [2.24, 2.45) is 5.14 Å². The highest BCUT2D eigenvalue weighted by Gasteiger charge is 2.15. The highest BCUT2D eigenvalue weighted by atomic mass is 35.5. The Morgan fingerprint density at radius 2 is 2.00 bits per heavy atom. The predicted molar refractivity (Wildman–Crippen MR) is 48.2 cm³/mol. The van der Waals surface area contributed by atoms with Crippen molar-refractivity contribution in [1.29, 1.82) is 0 Å². The van der Waals surface area contributed by atoms with E-state index in [9.17, 15) is 13.2 Å². The average molecular weight is 220 g/mol. The summed E-state index contributed by atoms with van der Waals surface area (Å²) in [5.41, 5.74) is -0.105. The van der Waals surface area contributed by atoms with Gasteiger partial charge >= 0.3 is 0 Å². The molecule has 0 bridgehead atoms. The number of aldehydes is 1. The summed E-state index contributed by atoms with van der Waals surface area (Å²) in [6.07, 6.45) is 0.363. The molecule has 0 fully saturated rings. The minimum absolute atomic E-state index is 0.0709. The van der Waals surface area contributed by atoms with Crippen LogP contribution in [0.15, 0.2) is 23.1 Å². The van der Waals surface area contributed by atoms with Gasteiger partial charge < -0.3 is 0 Å². The number of primary sulfonamides is 1. The van der Waals surface area contributed by atoms with Gasteiger partial charge in [-0.05, 0) is 12.1 Å². The zero-order chi connectivity index (χ0) is 10.1. The number of hydrogen-bond donors (Lipinski definition) is 1. The molecule has 1 aromatic carbocycles. The summed E-state index contributed by atoms with van der Waals surface area (Å²) in [6, 6.07) is 4.06. The fraction of sp³-hybridized carbons (Fsp3) is 0. The summed E-state index contributed by atoms with van der Waals surface area (Å²) < 4.78 is 21.9. The van der Waals surface area contributed by atoms with Gasteiger partial charge in [0.25, 0.3) is 0 Å². The van der Waals surface area contributed by atoms with E-state index >= 15 is 0 Å². The van der Waals surface area contributed by atoms with Crippen molar-refractivity contribution in [3.8, 4) is 0 Å². The third-order valence-corrected chi connectivity index (χ3v) is 2.74. The summed E-state index contributed by atoms with van der Waals surface area (Å²) in [5, 5.41) is 4.93. The standard InChI is InChI=1S/C7H6ClNO3S/c8-6-2-1-3-7(5(6)4-10)13(9,11)12/h1-4H,(H2,9,11,12). The van der Waals surface area contributed by atoms with E-state index in [4.69, 9.17) is 16.7 Å². The van der Waals surface area contributed by atoms with E-state index in [0.717, 1.165) is 0 Å². The lowest BCUT2D eigenvalue weighted by atomic mass is 10.2. The molecule has 0 atom stereocenters. The zero-order valence-electron chi connectivity index (χ0n) is 6.40. The van der Waals surface area contributed by atoms with Gasteiger partial charge in [0, 0.05) is 0 Å². The number of benzene rings is 1. The van der Waals surface area contributed by atoms with Gasteiger partial charge in [-0.3, -0.25) is 4.79 Å². The summed E-state index contributed by atoms with van der Waals surface area (Å²) in [5.74, 6) is 0. The molecule has 1 rings (SSSR count). The summed E-state index contributed by atoms with van der Waals surface area (Å²) in [4.78, 5) is 10.2. The average Bonchev–Trinajstić information content (AvgIpc) is 2.02. The second-order valence-electron chi connectivity index (χ2n) is 2.31. The van der Waals surface area contributed by atoms with Crippen molar-refractivity contribution in [3.63, 3.8) is 0 Å². The van der Waals surface area contributed by atoms with Crippen LogP contribution in [0.1, 0.15) is 10.4 Å². The second kappa shape index (κ2) is 3.45. The molecule has 0 aliphatic heterocycles. The maximum absolute atomic E-state index is 10.9. The first-order chi connectivity index (χ1) is 5.96. The van der Waals surface area contributed by atoms with Crippen LogP contribution in [0.25, 0.3) is 0 Å². The molecule has 13 heavy (non-hydrogen) atoms. The number of hydrogen-bond acceptors (Lipinski definition) is 3. The molecule has 0 saturated carbocycles. The van der Waals surface area contributed by atoms with Crippen molar-refractivity contribution in [1.82, 2.24) is 0 Å². The smallest absolute Gasteiger partial charge is 0.238 e. The van der Waals surface area contributed by atoms with Gasteiger partial charge in [0.15, 0.2) is 6.29 Å². The van der Waals surface area contributed by atoms with Gasteiger partial charge in [-0.2, -0.15) is 0 Å². The van der Waals surface area contributed by atoms with Crippen molar-refractivity contribution < 1.29 is 13.2 Å². The van der Waals surface area contributed by atoms with Gasteiger partial charge in [0.1, 0.15) is 0 Å². The number of carbonyl (C=O) groups excluding carboxylic acids is 1. The molecule has 2 N–H and O–H groups in total. The van der Waals surface area contributed by atoms with Gasteiger partial charge in [-0.25, -0.2) is 13.6 Å².